The monoisotopic (exact) mass is 835 g/mol. The third kappa shape index (κ3) is 22.7. The molecule has 0 aliphatic heterocycles. The van der Waals surface area contributed by atoms with Crippen LogP contribution in [-0.4, -0.2) is 114 Å². The molecule has 0 fully saturated rings. The number of hydrogen-bond donors (Lipinski definition) is 6. The normalized spacial score (nSPS) is 15.9. The summed E-state index contributed by atoms with van der Waals surface area (Å²) in [6.45, 7) is 24.8. The van der Waals surface area contributed by atoms with Crippen LogP contribution >= 0.6 is 0 Å². The van der Waals surface area contributed by atoms with Gasteiger partial charge >= 0.3 is 6.09 Å². The first-order valence-corrected chi connectivity index (χ1v) is 20.4. The van der Waals surface area contributed by atoms with Crippen molar-refractivity contribution in [2.75, 3.05) is 13.2 Å². The number of carbonyl (C=O) groups is 6. The summed E-state index contributed by atoms with van der Waals surface area (Å²) in [5.74, 6) is -2.87. The second kappa shape index (κ2) is 23.6. The molecule has 16 heteroatoms. The zero-order chi connectivity index (χ0) is 45.4. The van der Waals surface area contributed by atoms with E-state index in [9.17, 15) is 28.8 Å². The molecule has 0 radical (unpaired) electrons. The van der Waals surface area contributed by atoms with E-state index in [-0.39, 0.29) is 19.4 Å². The highest BCUT2D eigenvalue weighted by Gasteiger charge is 2.38. The van der Waals surface area contributed by atoms with E-state index in [1.165, 1.54) is 0 Å². The van der Waals surface area contributed by atoms with E-state index in [4.69, 9.17) is 24.7 Å². The first-order chi connectivity index (χ1) is 27.0. The predicted molar refractivity (Wildman–Crippen MR) is 226 cm³/mol. The topological polar surface area (TPSA) is 226 Å². The highest BCUT2D eigenvalue weighted by Crippen LogP contribution is 2.17. The Hall–Kier alpha value is -4.12. The molecule has 7 N–H and O–H groups in total. The third-order valence-corrected chi connectivity index (χ3v) is 8.24. The van der Waals surface area contributed by atoms with Crippen LogP contribution in [0, 0.1) is 0 Å². The number of nitrogens with two attached hydrogens (primary N) is 1. The lowest BCUT2D eigenvalue weighted by molar-refractivity contribution is -0.142. The van der Waals surface area contributed by atoms with E-state index in [0.717, 1.165) is 0 Å². The minimum Gasteiger partial charge on any atom is -0.444 e. The molecule has 0 aromatic heterocycles. The van der Waals surface area contributed by atoms with Crippen molar-refractivity contribution < 1.29 is 47.7 Å². The molecule has 7 atom stereocenters. The molecule has 336 valence electrons. The number of amides is 5. The molecule has 2 unspecified atom stereocenters. The van der Waals surface area contributed by atoms with Gasteiger partial charge in [-0.3, -0.25) is 19.2 Å². The third-order valence-electron chi connectivity index (χ3n) is 8.24. The van der Waals surface area contributed by atoms with Crippen LogP contribution in [0.4, 0.5) is 4.79 Å². The summed E-state index contributed by atoms with van der Waals surface area (Å²) in [7, 11) is 0. The maximum atomic E-state index is 14.4. The van der Waals surface area contributed by atoms with Crippen LogP contribution in [0.15, 0.2) is 30.3 Å². The Morgan fingerprint density at radius 1 is 0.627 bits per heavy atom. The molecule has 0 heterocycles. The van der Waals surface area contributed by atoms with Crippen molar-refractivity contribution in [3.8, 4) is 0 Å². The van der Waals surface area contributed by atoms with Gasteiger partial charge in [-0.1, -0.05) is 30.3 Å². The fraction of sp³-hybridized carbons (Fsp3) is 0.721. The molecule has 0 bridgehead atoms. The van der Waals surface area contributed by atoms with Gasteiger partial charge in [0.1, 0.15) is 42.1 Å². The van der Waals surface area contributed by atoms with Gasteiger partial charge in [0.25, 0.3) is 0 Å². The second-order valence-electron chi connectivity index (χ2n) is 18.8. The second-order valence-corrected chi connectivity index (χ2v) is 18.8. The van der Waals surface area contributed by atoms with Crippen molar-refractivity contribution in [3.63, 3.8) is 0 Å². The largest absolute Gasteiger partial charge is 0.444 e. The fourth-order valence-electron chi connectivity index (χ4n) is 5.81. The lowest BCUT2D eigenvalue weighted by Gasteiger charge is -2.34. The van der Waals surface area contributed by atoms with Gasteiger partial charge < -0.3 is 56.1 Å². The molecule has 0 spiro atoms. The number of benzene rings is 1. The minimum atomic E-state index is -1.36. The highest BCUT2D eigenvalue weighted by molar-refractivity contribution is 5.96. The van der Waals surface area contributed by atoms with Crippen LogP contribution in [0.2, 0.25) is 0 Å². The van der Waals surface area contributed by atoms with Gasteiger partial charge in [-0.2, -0.15) is 0 Å². The van der Waals surface area contributed by atoms with Crippen molar-refractivity contribution in [1.82, 2.24) is 26.6 Å². The van der Waals surface area contributed by atoms with E-state index >= 15 is 0 Å². The van der Waals surface area contributed by atoms with Crippen LogP contribution in [-0.2, 0) is 49.3 Å². The van der Waals surface area contributed by atoms with Gasteiger partial charge in [0.2, 0.25) is 23.6 Å². The van der Waals surface area contributed by atoms with Gasteiger partial charge in [-0.25, -0.2) is 4.79 Å². The average molecular weight is 835 g/mol. The number of hydrogen-bond acceptors (Lipinski definition) is 11. The number of rotatable bonds is 22. The van der Waals surface area contributed by atoms with Crippen molar-refractivity contribution in [1.29, 1.82) is 0 Å². The lowest BCUT2D eigenvalue weighted by atomic mass is 10.0. The molecule has 59 heavy (non-hydrogen) atoms. The maximum absolute atomic E-state index is 14.4. The van der Waals surface area contributed by atoms with Crippen molar-refractivity contribution in [3.05, 3.63) is 35.9 Å². The zero-order valence-corrected chi connectivity index (χ0v) is 37.9. The van der Waals surface area contributed by atoms with Crippen LogP contribution < -0.4 is 32.3 Å². The average Bonchev–Trinajstić information content (AvgIpc) is 3.07. The Labute approximate surface area is 351 Å². The van der Waals surface area contributed by atoms with Crippen LogP contribution in [0.3, 0.4) is 0 Å². The number of unbranched alkanes of at least 4 members (excludes halogenated alkanes) is 1. The molecular weight excluding hydrogens is 761 g/mol. The summed E-state index contributed by atoms with van der Waals surface area (Å²) in [5, 5.41) is 13.6. The molecule has 16 nitrogen and oxygen atoms in total. The van der Waals surface area contributed by atoms with Crippen molar-refractivity contribution in [2.24, 2.45) is 5.73 Å². The summed E-state index contributed by atoms with van der Waals surface area (Å²) in [6.07, 6.45) is -0.805. The molecule has 5 amide bonds. The Balaban J connectivity index is 3.63. The number of ether oxygens (including phenoxy) is 4. The van der Waals surface area contributed by atoms with E-state index in [2.05, 4.69) is 26.6 Å². The number of carbonyl (C=O) groups excluding carboxylic acids is 6. The number of alkyl carbamates (subject to hydrolysis) is 1. The van der Waals surface area contributed by atoms with Crippen LogP contribution in [0.5, 0.6) is 0 Å². The summed E-state index contributed by atoms with van der Waals surface area (Å²) in [5.41, 5.74) is 3.50. The van der Waals surface area contributed by atoms with Gasteiger partial charge in [-0.15, -0.1) is 0 Å². The van der Waals surface area contributed by atoms with Crippen LogP contribution in [0.1, 0.15) is 122 Å². The van der Waals surface area contributed by atoms with Gasteiger partial charge in [0.05, 0.1) is 35.6 Å². The fourth-order valence-corrected chi connectivity index (χ4v) is 5.81. The summed E-state index contributed by atoms with van der Waals surface area (Å²) in [4.78, 5) is 81.4. The van der Waals surface area contributed by atoms with Crippen molar-refractivity contribution in [2.45, 2.75) is 187 Å². The van der Waals surface area contributed by atoms with E-state index in [1.54, 1.807) is 100 Å². The Bertz CT molecular complexity index is 1500. The van der Waals surface area contributed by atoms with Gasteiger partial charge in [0, 0.05) is 6.42 Å². The predicted octanol–water partition coefficient (Wildman–Crippen LogP) is 3.61. The lowest BCUT2D eigenvalue weighted by Crippen LogP contribution is -2.63. The summed E-state index contributed by atoms with van der Waals surface area (Å²) < 4.78 is 23.4. The highest BCUT2D eigenvalue weighted by atomic mass is 16.6. The van der Waals surface area contributed by atoms with Gasteiger partial charge in [0.15, 0.2) is 0 Å². The minimum absolute atomic E-state index is 0.00522. The molecular formula is C43H74N6O10. The standard InChI is InChI=1S/C43H74N6O10/c1-27(57-41(6,7)8)33(37(53)45-30(25-50)26-56-40(3,4)5)49-36(52)32(24-29-20-16-15-17-21-29)46-38(54)34(28(2)58-42(9,10)11)48-35(51)31(22-18-19-23-44)47-39(55)59-43(12,13)14/h15-17,20-21,25,27-28,30-34H,18-19,22-24,26,44H2,1-14H3,(H,45,53)(H,46,54)(H,47,55)(H,48,51)(H,49,52)/t27?,28?,30-,31+,32+,33+,34+/m1/s1. The van der Waals surface area contributed by atoms with Crippen LogP contribution in [0.25, 0.3) is 0 Å². The smallest absolute Gasteiger partial charge is 0.408 e. The molecule has 1 aromatic carbocycles. The quantitative estimate of drug-likeness (QED) is 0.0731. The molecule has 0 saturated carbocycles. The van der Waals surface area contributed by atoms with E-state index < -0.39 is 94.5 Å². The zero-order valence-electron chi connectivity index (χ0n) is 37.9. The molecule has 1 rings (SSSR count). The maximum Gasteiger partial charge on any atom is 0.408 e. The summed E-state index contributed by atoms with van der Waals surface area (Å²) >= 11 is 0. The first kappa shape index (κ1) is 52.9. The molecule has 0 aliphatic carbocycles. The molecule has 0 saturated heterocycles. The Kier molecular flexibility index (Phi) is 21.2. The first-order valence-electron chi connectivity index (χ1n) is 20.4. The van der Waals surface area contributed by atoms with E-state index in [1.807, 2.05) is 26.8 Å². The SMILES string of the molecule is CC(OC(C)(C)C)[C@H](NC(=O)[C@H](Cc1ccccc1)NC(=O)[C@@H](NC(=O)[C@H](CCCCN)NC(=O)OC(C)(C)C)C(C)OC(C)(C)C)C(=O)N[C@H](C=O)COC(C)(C)C. The number of aldehydes is 1. The number of nitrogens with one attached hydrogen (secondary N) is 5. The van der Waals surface area contributed by atoms with Gasteiger partial charge in [-0.05, 0) is 128 Å². The Morgan fingerprint density at radius 3 is 1.56 bits per heavy atom. The molecule has 1 aromatic rings. The Morgan fingerprint density at radius 2 is 1.12 bits per heavy atom. The van der Waals surface area contributed by atoms with E-state index in [0.29, 0.717) is 31.2 Å². The molecule has 0 aliphatic rings. The van der Waals surface area contributed by atoms with Crippen molar-refractivity contribution >= 4 is 36.0 Å². The summed E-state index contributed by atoms with van der Waals surface area (Å²) in [6, 6.07) is 2.86.